The van der Waals surface area contributed by atoms with Gasteiger partial charge in [0.15, 0.2) is 0 Å². The van der Waals surface area contributed by atoms with Crippen molar-refractivity contribution >= 4 is 15.9 Å². The Hall–Kier alpha value is -0.560. The molecule has 0 unspecified atom stereocenters. The lowest BCUT2D eigenvalue weighted by Crippen LogP contribution is -2.34. The lowest BCUT2D eigenvalue weighted by Gasteiger charge is -2.22. The van der Waals surface area contributed by atoms with Crippen LogP contribution >= 0.6 is 15.9 Å². The Morgan fingerprint density at radius 2 is 1.94 bits per heavy atom. The standard InChI is InChI=1S/C11H17BrF3N3/c1-4-8-10(12)9(17(3)16-8)6-18(5-2)7-11(13,14)15/h4-7H2,1-3H3. The molecule has 1 aromatic heterocycles. The van der Waals surface area contributed by atoms with E-state index in [1.54, 1.807) is 18.7 Å². The molecule has 1 rings (SSSR count). The van der Waals surface area contributed by atoms with Crippen molar-refractivity contribution in [3.05, 3.63) is 15.9 Å². The molecule has 0 spiro atoms. The third-order valence-electron chi connectivity index (χ3n) is 2.73. The summed E-state index contributed by atoms with van der Waals surface area (Å²) in [6.07, 6.45) is -3.42. The van der Waals surface area contributed by atoms with Crippen molar-refractivity contribution in [2.24, 2.45) is 7.05 Å². The topological polar surface area (TPSA) is 21.1 Å². The predicted molar refractivity (Wildman–Crippen MR) is 67.3 cm³/mol. The van der Waals surface area contributed by atoms with Crippen LogP contribution in [0.5, 0.6) is 0 Å². The van der Waals surface area contributed by atoms with Crippen LogP contribution in [0.1, 0.15) is 25.2 Å². The van der Waals surface area contributed by atoms with Crippen LogP contribution in [0.4, 0.5) is 13.2 Å². The first-order valence-corrected chi connectivity index (χ1v) is 6.57. The van der Waals surface area contributed by atoms with Crippen molar-refractivity contribution in [1.82, 2.24) is 14.7 Å². The molecule has 0 amide bonds. The minimum absolute atomic E-state index is 0.236. The highest BCUT2D eigenvalue weighted by atomic mass is 79.9. The molecule has 18 heavy (non-hydrogen) atoms. The number of halogens is 4. The van der Waals surface area contributed by atoms with Crippen LogP contribution in [-0.4, -0.2) is 33.9 Å². The number of hydrogen-bond donors (Lipinski definition) is 0. The Labute approximate surface area is 113 Å². The van der Waals surface area contributed by atoms with E-state index >= 15 is 0 Å². The molecule has 0 N–H and O–H groups in total. The maximum Gasteiger partial charge on any atom is 0.401 e. The highest BCUT2D eigenvalue weighted by Crippen LogP contribution is 2.24. The van der Waals surface area contributed by atoms with Crippen molar-refractivity contribution in [3.63, 3.8) is 0 Å². The molecule has 1 aromatic rings. The lowest BCUT2D eigenvalue weighted by molar-refractivity contribution is -0.146. The molecule has 0 bridgehead atoms. The Balaban J connectivity index is 2.85. The molecule has 7 heteroatoms. The van der Waals surface area contributed by atoms with Crippen LogP contribution in [0, 0.1) is 0 Å². The molecule has 0 saturated heterocycles. The first kappa shape index (κ1) is 15.5. The van der Waals surface area contributed by atoms with E-state index in [-0.39, 0.29) is 6.54 Å². The highest BCUT2D eigenvalue weighted by molar-refractivity contribution is 9.10. The molecular formula is C11H17BrF3N3. The zero-order valence-electron chi connectivity index (χ0n) is 10.7. The average molecular weight is 328 g/mol. The van der Waals surface area contributed by atoms with Gasteiger partial charge in [-0.2, -0.15) is 18.3 Å². The molecule has 1 heterocycles. The van der Waals surface area contributed by atoms with E-state index in [0.29, 0.717) is 6.54 Å². The van der Waals surface area contributed by atoms with Crippen LogP contribution in [0.25, 0.3) is 0 Å². The van der Waals surface area contributed by atoms with Gasteiger partial charge in [0, 0.05) is 13.6 Å². The van der Waals surface area contributed by atoms with Crippen molar-refractivity contribution < 1.29 is 13.2 Å². The first-order chi connectivity index (χ1) is 8.28. The van der Waals surface area contributed by atoms with Gasteiger partial charge < -0.3 is 0 Å². The number of aryl methyl sites for hydroxylation is 2. The molecule has 0 atom stereocenters. The van der Waals surface area contributed by atoms with Gasteiger partial charge in [-0.05, 0) is 28.9 Å². The van der Waals surface area contributed by atoms with Crippen molar-refractivity contribution in [2.45, 2.75) is 33.0 Å². The second-order valence-electron chi connectivity index (χ2n) is 4.10. The Morgan fingerprint density at radius 1 is 1.33 bits per heavy atom. The normalized spacial score (nSPS) is 12.4. The van der Waals surface area contributed by atoms with Crippen molar-refractivity contribution in [2.75, 3.05) is 13.1 Å². The summed E-state index contributed by atoms with van der Waals surface area (Å²) in [5, 5.41) is 4.27. The predicted octanol–water partition coefficient (Wildman–Crippen LogP) is 3.13. The molecule has 0 aliphatic heterocycles. The van der Waals surface area contributed by atoms with Gasteiger partial charge in [0.25, 0.3) is 0 Å². The summed E-state index contributed by atoms with van der Waals surface area (Å²) >= 11 is 3.41. The summed E-state index contributed by atoms with van der Waals surface area (Å²) in [6.45, 7) is 3.36. The number of hydrogen-bond acceptors (Lipinski definition) is 2. The first-order valence-electron chi connectivity index (χ1n) is 5.77. The summed E-state index contributed by atoms with van der Waals surface area (Å²) in [5.74, 6) is 0. The molecule has 0 aromatic carbocycles. The molecular weight excluding hydrogens is 311 g/mol. The Kier molecular flexibility index (Phi) is 5.21. The molecule has 0 aliphatic carbocycles. The van der Waals surface area contributed by atoms with Gasteiger partial charge in [-0.25, -0.2) is 0 Å². The van der Waals surface area contributed by atoms with E-state index in [4.69, 9.17) is 0 Å². The number of nitrogens with zero attached hydrogens (tertiary/aromatic N) is 3. The minimum atomic E-state index is -4.17. The highest BCUT2D eigenvalue weighted by Gasteiger charge is 2.30. The SMILES string of the molecule is CCc1nn(C)c(CN(CC)CC(F)(F)F)c1Br. The van der Waals surface area contributed by atoms with Gasteiger partial charge in [0.1, 0.15) is 0 Å². The van der Waals surface area contributed by atoms with E-state index in [9.17, 15) is 13.2 Å². The van der Waals surface area contributed by atoms with Gasteiger partial charge in [-0.15, -0.1) is 0 Å². The molecule has 3 nitrogen and oxygen atoms in total. The molecule has 0 fully saturated rings. The van der Waals surface area contributed by atoms with Gasteiger partial charge >= 0.3 is 6.18 Å². The number of rotatable bonds is 5. The average Bonchev–Trinajstić information content (AvgIpc) is 2.53. The fraction of sp³-hybridized carbons (Fsp3) is 0.727. The summed E-state index contributed by atoms with van der Waals surface area (Å²) in [6, 6.07) is 0. The summed E-state index contributed by atoms with van der Waals surface area (Å²) < 4.78 is 39.6. The third-order valence-corrected chi connectivity index (χ3v) is 3.64. The second-order valence-corrected chi connectivity index (χ2v) is 4.90. The Bertz CT molecular complexity index is 401. The molecule has 0 radical (unpaired) electrons. The van der Waals surface area contributed by atoms with Gasteiger partial charge in [-0.1, -0.05) is 13.8 Å². The molecule has 104 valence electrons. The number of alkyl halides is 3. The fourth-order valence-electron chi connectivity index (χ4n) is 1.74. The monoisotopic (exact) mass is 327 g/mol. The summed E-state index contributed by atoms with van der Waals surface area (Å²) in [4.78, 5) is 1.35. The van der Waals surface area contributed by atoms with E-state index in [1.807, 2.05) is 6.92 Å². The van der Waals surface area contributed by atoms with Gasteiger partial charge in [0.2, 0.25) is 0 Å². The summed E-state index contributed by atoms with van der Waals surface area (Å²) in [7, 11) is 1.75. The molecule has 0 aliphatic rings. The number of aromatic nitrogens is 2. The van der Waals surface area contributed by atoms with Crippen molar-refractivity contribution in [1.29, 1.82) is 0 Å². The fourth-order valence-corrected chi connectivity index (χ4v) is 2.48. The summed E-state index contributed by atoms with van der Waals surface area (Å²) in [5.41, 5.74) is 1.65. The smallest absolute Gasteiger partial charge is 0.289 e. The van der Waals surface area contributed by atoms with E-state index in [2.05, 4.69) is 21.0 Å². The largest absolute Gasteiger partial charge is 0.401 e. The quantitative estimate of drug-likeness (QED) is 0.828. The maximum atomic E-state index is 12.4. The third kappa shape index (κ3) is 3.98. The van der Waals surface area contributed by atoms with Crippen LogP contribution in [0.3, 0.4) is 0 Å². The van der Waals surface area contributed by atoms with Crippen LogP contribution < -0.4 is 0 Å². The lowest BCUT2D eigenvalue weighted by atomic mass is 10.3. The zero-order valence-corrected chi connectivity index (χ0v) is 12.3. The van der Waals surface area contributed by atoms with Crippen LogP contribution in [0.2, 0.25) is 0 Å². The van der Waals surface area contributed by atoms with E-state index in [0.717, 1.165) is 22.3 Å². The van der Waals surface area contributed by atoms with E-state index < -0.39 is 12.7 Å². The zero-order chi connectivity index (χ0) is 13.9. The molecule has 0 saturated carbocycles. The van der Waals surface area contributed by atoms with Crippen LogP contribution in [0.15, 0.2) is 4.47 Å². The van der Waals surface area contributed by atoms with Crippen molar-refractivity contribution in [3.8, 4) is 0 Å². The minimum Gasteiger partial charge on any atom is -0.289 e. The second kappa shape index (κ2) is 6.06. The Morgan fingerprint density at radius 3 is 2.33 bits per heavy atom. The van der Waals surface area contributed by atoms with Gasteiger partial charge in [0.05, 0.1) is 22.4 Å². The van der Waals surface area contributed by atoms with Gasteiger partial charge in [-0.3, -0.25) is 9.58 Å². The maximum absolute atomic E-state index is 12.4. The van der Waals surface area contributed by atoms with E-state index in [1.165, 1.54) is 4.90 Å². The van der Waals surface area contributed by atoms with Crippen LogP contribution in [-0.2, 0) is 20.0 Å².